The van der Waals surface area contributed by atoms with Gasteiger partial charge >= 0.3 is 0 Å². The maximum absolute atomic E-state index is 6.68. The quantitative estimate of drug-likeness (QED) is 0.0994. The first-order chi connectivity index (χ1) is 30.0. The van der Waals surface area contributed by atoms with Crippen molar-refractivity contribution in [2.45, 2.75) is 62.8 Å². The third-order valence-corrected chi connectivity index (χ3v) is 11.3. The molecule has 2 N–H and O–H groups in total. The molecular formula is C48H47N13. The highest BCUT2D eigenvalue weighted by Crippen LogP contribution is 2.29. The van der Waals surface area contributed by atoms with Crippen LogP contribution in [0.5, 0.6) is 0 Å². The van der Waals surface area contributed by atoms with Crippen LogP contribution in [-0.4, -0.2) is 60.0 Å². The highest BCUT2D eigenvalue weighted by molar-refractivity contribution is 5.25. The number of nitrogens with two attached hydrogens (primary N) is 1. The van der Waals surface area contributed by atoms with E-state index in [-0.39, 0.29) is 30.2 Å². The average molecular weight is 806 g/mol. The van der Waals surface area contributed by atoms with Gasteiger partial charge in [-0.3, -0.25) is 0 Å². The number of hydrogen-bond acceptors (Lipinski definition) is 9. The van der Waals surface area contributed by atoms with Gasteiger partial charge in [0.25, 0.3) is 0 Å². The van der Waals surface area contributed by atoms with Gasteiger partial charge in [-0.05, 0) is 41.2 Å². The van der Waals surface area contributed by atoms with E-state index in [1.807, 2.05) is 122 Å². The van der Waals surface area contributed by atoms with E-state index < -0.39 is 0 Å². The lowest BCUT2D eigenvalue weighted by Crippen LogP contribution is -2.17. The largest absolute Gasteiger partial charge is 0.322 e. The SMILES string of the molecule is C[C@H](c1ccccc1)n1cc([C@H](Cc2ccccc2)n2cc([C@H](Cc3ccccc3)n3cc([C@H](Cc4ccccc4)n4cc([C@@H](N)Cc5ccccc5)nn4)nn3)nn2)nn1. The molecule has 9 rings (SSSR count). The summed E-state index contributed by atoms with van der Waals surface area (Å²) in [5.41, 5.74) is 15.4. The van der Waals surface area contributed by atoms with Crippen molar-refractivity contribution >= 4 is 0 Å². The Balaban J connectivity index is 1.05. The van der Waals surface area contributed by atoms with Crippen LogP contribution in [0, 0.1) is 0 Å². The van der Waals surface area contributed by atoms with Gasteiger partial charge in [0, 0.05) is 19.3 Å². The molecule has 0 spiro atoms. The second kappa shape index (κ2) is 18.3. The lowest BCUT2D eigenvalue weighted by Gasteiger charge is -2.17. The molecule has 0 bridgehead atoms. The Kier molecular flexibility index (Phi) is 11.7. The van der Waals surface area contributed by atoms with Gasteiger partial charge in [0.1, 0.15) is 35.2 Å². The zero-order chi connectivity index (χ0) is 41.4. The van der Waals surface area contributed by atoms with Crippen LogP contribution in [0.3, 0.4) is 0 Å². The first-order valence-electron chi connectivity index (χ1n) is 20.7. The van der Waals surface area contributed by atoms with Gasteiger partial charge < -0.3 is 5.73 Å². The minimum absolute atomic E-state index is 0.00347. The lowest BCUT2D eigenvalue weighted by atomic mass is 10.0. The molecule has 61 heavy (non-hydrogen) atoms. The van der Waals surface area contributed by atoms with Crippen LogP contribution in [0.4, 0.5) is 0 Å². The first kappa shape index (κ1) is 39.1. The van der Waals surface area contributed by atoms with Gasteiger partial charge in [0.05, 0.1) is 42.6 Å². The van der Waals surface area contributed by atoms with Gasteiger partial charge in [-0.1, -0.05) is 173 Å². The lowest BCUT2D eigenvalue weighted by molar-refractivity contribution is 0.490. The molecule has 4 aromatic heterocycles. The molecule has 0 radical (unpaired) electrons. The molecule has 13 nitrogen and oxygen atoms in total. The van der Waals surface area contributed by atoms with E-state index in [9.17, 15) is 0 Å². The summed E-state index contributed by atoms with van der Waals surface area (Å²) in [5, 5.41) is 37.7. The summed E-state index contributed by atoms with van der Waals surface area (Å²) in [4.78, 5) is 0. The van der Waals surface area contributed by atoms with Gasteiger partial charge in [-0.25, -0.2) is 18.7 Å². The van der Waals surface area contributed by atoms with Crippen LogP contribution in [-0.2, 0) is 25.7 Å². The molecule has 4 heterocycles. The molecule has 0 amide bonds. The van der Waals surface area contributed by atoms with Crippen molar-refractivity contribution in [2.24, 2.45) is 5.73 Å². The summed E-state index contributed by atoms with van der Waals surface area (Å²) in [6, 6.07) is 50.4. The third kappa shape index (κ3) is 9.27. The Morgan fingerprint density at radius 1 is 0.377 bits per heavy atom. The van der Waals surface area contributed by atoms with Crippen molar-refractivity contribution in [2.75, 3.05) is 0 Å². The van der Waals surface area contributed by atoms with E-state index in [4.69, 9.17) is 31.5 Å². The molecule has 304 valence electrons. The summed E-state index contributed by atoms with van der Waals surface area (Å²) in [7, 11) is 0. The van der Waals surface area contributed by atoms with Gasteiger partial charge in [0.15, 0.2) is 0 Å². The smallest absolute Gasteiger partial charge is 0.108 e. The predicted octanol–water partition coefficient (Wildman–Crippen LogP) is 7.40. The molecule has 9 aromatic rings. The number of hydrogen-bond donors (Lipinski definition) is 1. The zero-order valence-corrected chi connectivity index (χ0v) is 33.9. The summed E-state index contributed by atoms with van der Waals surface area (Å²) in [6.45, 7) is 2.13. The molecule has 13 heteroatoms. The van der Waals surface area contributed by atoms with Crippen LogP contribution < -0.4 is 5.73 Å². The van der Waals surface area contributed by atoms with Crippen molar-refractivity contribution < 1.29 is 0 Å². The van der Waals surface area contributed by atoms with Gasteiger partial charge in [-0.15, -0.1) is 20.4 Å². The molecule has 5 aromatic carbocycles. The second-order valence-corrected chi connectivity index (χ2v) is 15.5. The Morgan fingerprint density at radius 2 is 0.672 bits per heavy atom. The van der Waals surface area contributed by atoms with Crippen LogP contribution >= 0.6 is 0 Å². The summed E-state index contributed by atoms with van der Waals surface area (Å²) >= 11 is 0. The maximum atomic E-state index is 6.68. The maximum Gasteiger partial charge on any atom is 0.108 e. The van der Waals surface area contributed by atoms with E-state index in [2.05, 4.69) is 95.2 Å². The van der Waals surface area contributed by atoms with Crippen LogP contribution in [0.1, 0.15) is 87.7 Å². The zero-order valence-electron chi connectivity index (χ0n) is 33.9. The molecule has 0 saturated heterocycles. The molecule has 0 aliphatic heterocycles. The van der Waals surface area contributed by atoms with Gasteiger partial charge in [-0.2, -0.15) is 0 Å². The fourth-order valence-corrected chi connectivity index (χ4v) is 7.81. The normalized spacial score (nSPS) is 14.0. The summed E-state index contributed by atoms with van der Waals surface area (Å²) < 4.78 is 7.59. The monoisotopic (exact) mass is 805 g/mol. The van der Waals surface area contributed by atoms with E-state index in [0.717, 1.165) is 44.9 Å². The molecule has 0 aliphatic rings. The first-order valence-corrected chi connectivity index (χ1v) is 20.7. The van der Waals surface area contributed by atoms with Crippen molar-refractivity contribution in [3.05, 3.63) is 227 Å². The van der Waals surface area contributed by atoms with Crippen molar-refractivity contribution in [3.63, 3.8) is 0 Å². The summed E-state index contributed by atoms with van der Waals surface area (Å²) in [5.74, 6) is 0. The van der Waals surface area contributed by atoms with Crippen LogP contribution in [0.25, 0.3) is 0 Å². The number of nitrogens with zero attached hydrogens (tertiary/aromatic N) is 12. The van der Waals surface area contributed by atoms with E-state index in [1.54, 1.807) is 0 Å². The van der Waals surface area contributed by atoms with Crippen LogP contribution in [0.15, 0.2) is 176 Å². The van der Waals surface area contributed by atoms with E-state index in [0.29, 0.717) is 31.4 Å². The number of aromatic nitrogens is 12. The highest BCUT2D eigenvalue weighted by atomic mass is 15.5. The molecule has 0 unspecified atom stereocenters. The molecular weight excluding hydrogens is 759 g/mol. The molecule has 0 saturated carbocycles. The standard InChI is InChI=1S/C48H47N13/c1-35(40-25-15-6-16-26-40)58-32-43(51-54-58)46(28-37-19-9-3-10-20-37)60-34-45(53-56-60)48(30-39-23-13-5-14-24-39)61-33-44(52-57-61)47(29-38-21-11-4-12-22-38)59-31-42(50-55-59)41(49)27-36-17-7-2-8-18-36/h2-26,31-35,41,46-48H,27-30,49H2,1H3/t35-,41+,46+,47+,48+/m1/s1. The molecule has 0 fully saturated rings. The third-order valence-electron chi connectivity index (χ3n) is 11.3. The Labute approximate surface area is 354 Å². The Bertz CT molecular complexity index is 2710. The Hall–Kier alpha value is -7.38. The highest BCUT2D eigenvalue weighted by Gasteiger charge is 2.28. The number of rotatable bonds is 17. The summed E-state index contributed by atoms with van der Waals surface area (Å²) in [6.07, 6.45) is 10.5. The van der Waals surface area contributed by atoms with Crippen molar-refractivity contribution in [1.29, 1.82) is 0 Å². The van der Waals surface area contributed by atoms with E-state index >= 15 is 0 Å². The van der Waals surface area contributed by atoms with Crippen molar-refractivity contribution in [1.82, 2.24) is 60.0 Å². The fourth-order valence-electron chi connectivity index (χ4n) is 7.81. The van der Waals surface area contributed by atoms with Crippen LogP contribution in [0.2, 0.25) is 0 Å². The van der Waals surface area contributed by atoms with Crippen molar-refractivity contribution in [3.8, 4) is 0 Å². The minimum Gasteiger partial charge on any atom is -0.322 e. The average Bonchev–Trinajstić information content (AvgIpc) is 4.17. The Morgan fingerprint density at radius 3 is 1.07 bits per heavy atom. The number of benzene rings is 5. The predicted molar refractivity (Wildman–Crippen MR) is 232 cm³/mol. The molecule has 5 atom stereocenters. The molecule has 0 aliphatic carbocycles. The second-order valence-electron chi connectivity index (χ2n) is 15.5. The fraction of sp³-hybridized carbons (Fsp3) is 0.208. The van der Waals surface area contributed by atoms with Gasteiger partial charge in [0.2, 0.25) is 0 Å². The minimum atomic E-state index is -0.327. The van der Waals surface area contributed by atoms with E-state index in [1.165, 1.54) is 0 Å². The topological polar surface area (TPSA) is 149 Å².